The Labute approximate surface area is 121 Å². The summed E-state index contributed by atoms with van der Waals surface area (Å²) in [5.74, 6) is -0.0251. The first-order valence-corrected chi connectivity index (χ1v) is 7.31. The molecule has 1 heterocycles. The second-order valence-corrected chi connectivity index (χ2v) is 5.75. The van der Waals surface area contributed by atoms with E-state index in [-0.39, 0.29) is 5.91 Å². The van der Waals surface area contributed by atoms with Crippen LogP contribution in [0.3, 0.4) is 0 Å². The molecule has 1 aromatic carbocycles. The third kappa shape index (κ3) is 3.12. The van der Waals surface area contributed by atoms with Gasteiger partial charge in [0.2, 0.25) is 0 Å². The summed E-state index contributed by atoms with van der Waals surface area (Å²) in [6, 6.07) is 6.96. The molecule has 2 atom stereocenters. The second kappa shape index (κ2) is 6.27. The lowest BCUT2D eigenvalue weighted by Gasteiger charge is -2.36. The summed E-state index contributed by atoms with van der Waals surface area (Å²) in [7, 11) is 3.85. The van der Waals surface area contributed by atoms with E-state index >= 15 is 0 Å². The van der Waals surface area contributed by atoms with Crippen LogP contribution in [0.1, 0.15) is 35.7 Å². The average molecular weight is 275 g/mol. The molecule has 1 fully saturated rings. The summed E-state index contributed by atoms with van der Waals surface area (Å²) in [6.45, 7) is 5.39. The van der Waals surface area contributed by atoms with Gasteiger partial charge < -0.3 is 15.5 Å². The number of anilines is 1. The molecule has 0 aromatic heterocycles. The molecule has 2 N–H and O–H groups in total. The molecule has 1 aromatic rings. The molecular formula is C16H25N3O. The molecule has 1 saturated heterocycles. The average Bonchev–Trinajstić information content (AvgIpc) is 2.44. The van der Waals surface area contributed by atoms with Crippen molar-refractivity contribution in [3.8, 4) is 0 Å². The topological polar surface area (TPSA) is 44.4 Å². The smallest absolute Gasteiger partial charge is 0.251 e. The normalized spacial score (nSPS) is 23.4. The van der Waals surface area contributed by atoms with Gasteiger partial charge in [-0.05, 0) is 51.4 Å². The van der Waals surface area contributed by atoms with Gasteiger partial charge in [0.25, 0.3) is 5.91 Å². The van der Waals surface area contributed by atoms with Crippen LogP contribution in [0.25, 0.3) is 0 Å². The number of amides is 1. The Morgan fingerprint density at radius 1 is 1.40 bits per heavy atom. The molecule has 0 spiro atoms. The summed E-state index contributed by atoms with van der Waals surface area (Å²) in [6.07, 6.45) is 2.28. The monoisotopic (exact) mass is 275 g/mol. The van der Waals surface area contributed by atoms with Gasteiger partial charge in [-0.25, -0.2) is 0 Å². The lowest BCUT2D eigenvalue weighted by Crippen LogP contribution is -2.42. The number of nitrogens with one attached hydrogen (secondary N) is 2. The zero-order valence-electron chi connectivity index (χ0n) is 12.9. The summed E-state index contributed by atoms with van der Waals surface area (Å²) in [4.78, 5) is 14.2. The third-order valence-electron chi connectivity index (χ3n) is 4.37. The number of rotatable bonds is 3. The Morgan fingerprint density at radius 2 is 2.15 bits per heavy atom. The van der Waals surface area contributed by atoms with Gasteiger partial charge in [0.1, 0.15) is 0 Å². The predicted octanol–water partition coefficient (Wildman–Crippen LogP) is 2.25. The predicted molar refractivity (Wildman–Crippen MR) is 83.3 cm³/mol. The quantitative estimate of drug-likeness (QED) is 0.889. The molecule has 0 bridgehead atoms. The highest BCUT2D eigenvalue weighted by molar-refractivity contribution is 5.96. The van der Waals surface area contributed by atoms with Gasteiger partial charge >= 0.3 is 0 Å². The molecule has 2 unspecified atom stereocenters. The van der Waals surface area contributed by atoms with Crippen LogP contribution in [-0.2, 0) is 0 Å². The first-order chi connectivity index (χ1) is 9.52. The van der Waals surface area contributed by atoms with Crippen LogP contribution in [0.5, 0.6) is 0 Å². The number of benzene rings is 1. The van der Waals surface area contributed by atoms with Crippen molar-refractivity contribution in [3.05, 3.63) is 29.3 Å². The maximum atomic E-state index is 11.8. The molecular weight excluding hydrogens is 250 g/mol. The third-order valence-corrected chi connectivity index (χ3v) is 4.37. The minimum Gasteiger partial charge on any atom is -0.382 e. The highest BCUT2D eigenvalue weighted by Crippen LogP contribution is 2.24. The Balaban J connectivity index is 2.12. The number of nitrogens with zero attached hydrogens (tertiary/aromatic N) is 1. The molecule has 20 heavy (non-hydrogen) atoms. The van der Waals surface area contributed by atoms with E-state index in [0.29, 0.717) is 12.1 Å². The SMILES string of the molecule is CNC(=O)c1cccc(NC2CCN(C)C(C)C2)c1C. The Kier molecular flexibility index (Phi) is 4.65. The van der Waals surface area contributed by atoms with Gasteiger partial charge in [0.15, 0.2) is 0 Å². The van der Waals surface area contributed by atoms with Gasteiger partial charge in [0.05, 0.1) is 0 Å². The van der Waals surface area contributed by atoms with Crippen LogP contribution < -0.4 is 10.6 Å². The minimum absolute atomic E-state index is 0.0251. The van der Waals surface area contributed by atoms with Crippen LogP contribution in [0.2, 0.25) is 0 Å². The lowest BCUT2D eigenvalue weighted by molar-refractivity contribution is 0.0962. The second-order valence-electron chi connectivity index (χ2n) is 5.75. The van der Waals surface area contributed by atoms with Crippen LogP contribution in [0, 0.1) is 6.92 Å². The van der Waals surface area contributed by atoms with Gasteiger partial charge in [0, 0.05) is 36.9 Å². The zero-order chi connectivity index (χ0) is 14.7. The molecule has 1 amide bonds. The van der Waals surface area contributed by atoms with Gasteiger partial charge in [-0.1, -0.05) is 6.07 Å². The van der Waals surface area contributed by atoms with Crippen LogP contribution in [-0.4, -0.2) is 43.5 Å². The van der Waals surface area contributed by atoms with Crippen LogP contribution in [0.4, 0.5) is 5.69 Å². The standard InChI is InChI=1S/C16H25N3O/c1-11-10-13(8-9-19(11)4)18-15-7-5-6-14(12(15)2)16(20)17-3/h5-7,11,13,18H,8-10H2,1-4H3,(H,17,20). The fourth-order valence-electron chi connectivity index (χ4n) is 2.81. The largest absolute Gasteiger partial charge is 0.382 e. The molecule has 110 valence electrons. The van der Waals surface area contributed by atoms with Gasteiger partial charge in [-0.15, -0.1) is 0 Å². The highest BCUT2D eigenvalue weighted by atomic mass is 16.1. The number of carbonyl (C=O) groups is 1. The number of likely N-dealkylation sites (tertiary alicyclic amines) is 1. The van der Waals surface area contributed by atoms with Crippen molar-refractivity contribution in [2.24, 2.45) is 0 Å². The van der Waals surface area contributed by atoms with Crippen molar-refractivity contribution in [1.29, 1.82) is 0 Å². The summed E-state index contributed by atoms with van der Waals surface area (Å²) < 4.78 is 0. The molecule has 0 saturated carbocycles. The lowest BCUT2D eigenvalue weighted by atomic mass is 9.97. The van der Waals surface area contributed by atoms with Crippen molar-refractivity contribution in [2.75, 3.05) is 26.0 Å². The molecule has 0 aliphatic carbocycles. The van der Waals surface area contributed by atoms with Crippen molar-refractivity contribution in [2.45, 2.75) is 38.8 Å². The highest BCUT2D eigenvalue weighted by Gasteiger charge is 2.23. The van der Waals surface area contributed by atoms with Crippen molar-refractivity contribution < 1.29 is 4.79 Å². The fourth-order valence-corrected chi connectivity index (χ4v) is 2.81. The van der Waals surface area contributed by atoms with E-state index in [0.717, 1.165) is 36.2 Å². The van der Waals surface area contributed by atoms with E-state index in [4.69, 9.17) is 0 Å². The van der Waals surface area contributed by atoms with Crippen LogP contribution >= 0.6 is 0 Å². The van der Waals surface area contributed by atoms with Crippen molar-refractivity contribution >= 4 is 11.6 Å². The summed E-state index contributed by atoms with van der Waals surface area (Å²) in [5.41, 5.74) is 2.85. The maximum absolute atomic E-state index is 11.8. The van der Waals surface area contributed by atoms with E-state index < -0.39 is 0 Å². The number of hydrogen-bond donors (Lipinski definition) is 2. The fraction of sp³-hybridized carbons (Fsp3) is 0.562. The maximum Gasteiger partial charge on any atom is 0.251 e. The molecule has 0 radical (unpaired) electrons. The first-order valence-electron chi connectivity index (χ1n) is 7.31. The molecule has 4 heteroatoms. The first kappa shape index (κ1) is 14.9. The summed E-state index contributed by atoms with van der Waals surface area (Å²) in [5, 5.41) is 6.31. The van der Waals surface area contributed by atoms with Crippen molar-refractivity contribution in [3.63, 3.8) is 0 Å². The summed E-state index contributed by atoms with van der Waals surface area (Å²) >= 11 is 0. The van der Waals surface area contributed by atoms with Crippen LogP contribution in [0.15, 0.2) is 18.2 Å². The zero-order valence-corrected chi connectivity index (χ0v) is 12.9. The van der Waals surface area contributed by atoms with E-state index in [1.54, 1.807) is 7.05 Å². The van der Waals surface area contributed by atoms with E-state index in [9.17, 15) is 4.79 Å². The van der Waals surface area contributed by atoms with E-state index in [1.807, 2.05) is 19.1 Å². The van der Waals surface area contributed by atoms with E-state index in [1.165, 1.54) is 0 Å². The number of carbonyl (C=O) groups excluding carboxylic acids is 1. The molecule has 1 aliphatic rings. The minimum atomic E-state index is -0.0251. The Bertz CT molecular complexity index is 487. The molecule has 1 aliphatic heterocycles. The molecule has 4 nitrogen and oxygen atoms in total. The van der Waals surface area contributed by atoms with E-state index in [2.05, 4.69) is 35.6 Å². The van der Waals surface area contributed by atoms with Gasteiger partial charge in [-0.2, -0.15) is 0 Å². The van der Waals surface area contributed by atoms with Gasteiger partial charge in [-0.3, -0.25) is 4.79 Å². The number of piperidine rings is 1. The Hall–Kier alpha value is -1.55. The van der Waals surface area contributed by atoms with Crippen molar-refractivity contribution in [1.82, 2.24) is 10.2 Å². The number of hydrogen-bond acceptors (Lipinski definition) is 3. The Morgan fingerprint density at radius 3 is 2.80 bits per heavy atom. The molecule has 2 rings (SSSR count).